The highest BCUT2D eigenvalue weighted by Gasteiger charge is 2.47. The number of nitrogens with two attached hydrogens (primary N) is 2. The van der Waals surface area contributed by atoms with Gasteiger partial charge in [-0.15, -0.1) is 61.2 Å². The molecule has 0 bridgehead atoms. The van der Waals surface area contributed by atoms with Gasteiger partial charge in [0.2, 0.25) is 16.6 Å². The lowest BCUT2D eigenvalue weighted by Crippen LogP contribution is -2.40. The van der Waals surface area contributed by atoms with Gasteiger partial charge >= 0.3 is 78.5 Å². The van der Waals surface area contributed by atoms with Crippen LogP contribution in [0.1, 0.15) is 156 Å². The number of aryl methyl sites for hydroxylation is 1. The molecule has 0 aliphatic carbocycles. The van der Waals surface area contributed by atoms with Crippen molar-refractivity contribution in [1.29, 1.82) is 0 Å². The summed E-state index contributed by atoms with van der Waals surface area (Å²) in [5.41, 5.74) is 21.9. The van der Waals surface area contributed by atoms with E-state index in [4.69, 9.17) is 63.1 Å². The van der Waals surface area contributed by atoms with Crippen LogP contribution in [0.25, 0.3) is 0 Å². The summed E-state index contributed by atoms with van der Waals surface area (Å²) < 4.78 is 77.2. The van der Waals surface area contributed by atoms with Crippen LogP contribution < -0.4 is 63.1 Å². The van der Waals surface area contributed by atoms with Crippen LogP contribution in [0.3, 0.4) is 0 Å². The zero-order valence-electron chi connectivity index (χ0n) is 76.1. The topological polar surface area (TPSA) is 653 Å². The molecule has 12 heterocycles. The maximum atomic E-state index is 13.1. The van der Waals surface area contributed by atoms with E-state index in [0.717, 1.165) is 58.5 Å². The molecule has 16 N–H and O–H groups in total. The number of thioether (sulfide) groups is 6. The van der Waals surface area contributed by atoms with Crippen molar-refractivity contribution in [1.82, 2.24) is 61.2 Å². The molecular formula is C81H85B6FN14O29S12. The van der Waals surface area contributed by atoms with E-state index < -0.39 is 90.0 Å². The fourth-order valence-corrected chi connectivity index (χ4v) is 25.3. The minimum Gasteiger partial charge on any atom is -0.535 e. The number of carboxylic acids is 6. The van der Waals surface area contributed by atoms with Crippen LogP contribution in [-0.4, -0.2) is 264 Å². The number of anilines is 2. The van der Waals surface area contributed by atoms with Gasteiger partial charge in [-0.05, 0) is 148 Å². The number of nitrogen functional groups attached to an aromatic ring is 2. The summed E-state index contributed by atoms with van der Waals surface area (Å²) in [6.07, 6.45) is 1.57. The van der Waals surface area contributed by atoms with Crippen LogP contribution >= 0.6 is 139 Å². The van der Waals surface area contributed by atoms with Gasteiger partial charge in [0, 0.05) is 6.92 Å². The number of alkyl halides is 1. The monoisotopic (exact) mass is 2190 g/mol. The number of ether oxygens (including phenoxy) is 5. The van der Waals surface area contributed by atoms with Gasteiger partial charge < -0.3 is 124 Å². The molecule has 143 heavy (non-hydrogen) atoms. The Bertz CT molecular complexity index is 6440. The Balaban J connectivity index is 0.000000144. The maximum absolute atomic E-state index is 13.1. The van der Waals surface area contributed by atoms with E-state index >= 15 is 0 Å². The summed E-state index contributed by atoms with van der Waals surface area (Å²) in [6, 6.07) is 20.2. The van der Waals surface area contributed by atoms with Gasteiger partial charge in [-0.25, -0.2) is 33.2 Å². The Morgan fingerprint density at radius 3 is 0.895 bits per heavy atom. The highest BCUT2D eigenvalue weighted by Crippen LogP contribution is 2.49. The second-order valence-electron chi connectivity index (χ2n) is 31.4. The van der Waals surface area contributed by atoms with Crippen molar-refractivity contribution in [3.05, 3.63) is 167 Å². The number of rotatable bonds is 30. The molecule has 6 aromatic heterocycles. The second-order valence-corrected chi connectivity index (χ2v) is 45.6. The highest BCUT2D eigenvalue weighted by molar-refractivity contribution is 8.04. The summed E-state index contributed by atoms with van der Waals surface area (Å²) in [5.74, 6) is -4.97. The SMILES string of the molecule is CC(C)COc1ccc2c(c1C(=O)O)OB(O)[C@@H](Sc1nncs1)C2.CC(C)Oc1ccc2c(c1C(=O)O)OB(O)[C@@H](Sc1nncs1)C2.CC(F)Oc1ccc2c(c1C(=O)O)OB(O)[C@@H](Sc1nnc(N)s1)C2.CCCOc1ccc2c(c1C(=O)O)OB(O)[C@@H](Sc1nncs1)C2.CCOc1ccc2c(c1C(=O)O)OB(O)[C@@H](Sc1nncs1)C2.Cc1ccc2c(c1C(=O)O)OB(O)[C@@H](Sc1nnc(N)s1)C2. The Hall–Kier alpha value is -10.9. The number of benzene rings is 6. The number of nitrogens with zero attached hydrogens (tertiary/aromatic N) is 12. The molecule has 6 aromatic carbocycles. The van der Waals surface area contributed by atoms with Crippen LogP contribution in [0.2, 0.25) is 0 Å². The first-order valence-corrected chi connectivity index (χ1v) is 53.3. The normalized spacial score (nSPS) is 16.8. The van der Waals surface area contributed by atoms with E-state index in [1.807, 2.05) is 40.7 Å². The summed E-state index contributed by atoms with van der Waals surface area (Å²) in [4.78, 5) is 69.5. The molecule has 750 valence electrons. The number of aromatic carboxylic acids is 6. The Morgan fingerprint density at radius 2 is 0.643 bits per heavy atom. The number of hydrogen-bond acceptors (Lipinski definition) is 49. The zero-order chi connectivity index (χ0) is 103. The van der Waals surface area contributed by atoms with Crippen molar-refractivity contribution in [2.75, 3.05) is 31.3 Å². The lowest BCUT2D eigenvalue weighted by atomic mass is 9.77. The third-order valence-corrected chi connectivity index (χ3v) is 32.6. The first-order chi connectivity index (χ1) is 68.4. The van der Waals surface area contributed by atoms with Gasteiger partial charge in [0.25, 0.3) is 0 Å². The van der Waals surface area contributed by atoms with Gasteiger partial charge in [-0.1, -0.05) is 202 Å². The van der Waals surface area contributed by atoms with E-state index in [9.17, 15) is 93.9 Å². The van der Waals surface area contributed by atoms with E-state index in [-0.39, 0.29) is 134 Å². The van der Waals surface area contributed by atoms with Gasteiger partial charge in [-0.2, -0.15) is 0 Å². The van der Waals surface area contributed by atoms with Crippen molar-refractivity contribution >= 4 is 227 Å². The molecule has 0 amide bonds. The predicted molar refractivity (Wildman–Crippen MR) is 539 cm³/mol. The molecule has 43 nitrogen and oxygen atoms in total. The third kappa shape index (κ3) is 28.4. The van der Waals surface area contributed by atoms with E-state index in [1.54, 1.807) is 96.6 Å². The van der Waals surface area contributed by atoms with Crippen LogP contribution in [0.15, 0.2) is 121 Å². The quantitative estimate of drug-likeness (QED) is 0.0186. The smallest absolute Gasteiger partial charge is 0.535 e. The molecular weight excluding hydrogens is 2100 g/mol. The lowest BCUT2D eigenvalue weighted by molar-refractivity contribution is 0.0643. The summed E-state index contributed by atoms with van der Waals surface area (Å²) >= 11 is 15.9. The second kappa shape index (κ2) is 50.7. The molecule has 62 heteroatoms. The van der Waals surface area contributed by atoms with Gasteiger partial charge in [0.1, 0.15) is 119 Å². The van der Waals surface area contributed by atoms with Crippen LogP contribution in [0.4, 0.5) is 14.7 Å². The number of carboxylic acid groups (broad SMARTS) is 6. The van der Waals surface area contributed by atoms with Crippen LogP contribution in [-0.2, 0) is 38.5 Å². The molecule has 0 saturated carbocycles. The predicted octanol–water partition coefficient (Wildman–Crippen LogP) is 11.3. The average molecular weight is 2190 g/mol. The molecule has 18 rings (SSSR count). The largest absolute Gasteiger partial charge is 0.537 e. The Morgan fingerprint density at radius 1 is 0.378 bits per heavy atom. The average Bonchev–Trinajstić information content (AvgIpc) is 1.37. The Kier molecular flexibility index (Phi) is 38.8. The van der Waals surface area contributed by atoms with E-state index in [1.165, 1.54) is 145 Å². The molecule has 12 aromatic rings. The number of hydrogen-bond donors (Lipinski definition) is 14. The lowest BCUT2D eigenvalue weighted by Gasteiger charge is -2.28. The number of halogens is 1. The van der Waals surface area contributed by atoms with E-state index in [0.29, 0.717) is 88.4 Å². The highest BCUT2D eigenvalue weighted by atomic mass is 32.2. The minimum absolute atomic E-state index is 0.0215. The minimum atomic E-state index is -1.68. The number of aromatic nitrogens is 12. The van der Waals surface area contributed by atoms with Crippen molar-refractivity contribution in [3.63, 3.8) is 0 Å². The molecule has 6 aliphatic rings. The van der Waals surface area contributed by atoms with Crippen molar-refractivity contribution < 1.29 is 146 Å². The molecule has 6 aliphatic heterocycles. The van der Waals surface area contributed by atoms with Crippen molar-refractivity contribution in [2.24, 2.45) is 5.92 Å². The molecule has 1 unspecified atom stereocenters. The van der Waals surface area contributed by atoms with Crippen LogP contribution in [0.5, 0.6) is 63.2 Å². The first kappa shape index (κ1) is 109. The van der Waals surface area contributed by atoms with Gasteiger partial charge in [0.15, 0.2) is 26.0 Å². The summed E-state index contributed by atoms with van der Waals surface area (Å²) in [7, 11) is -6.95. The number of carbonyl (C=O) groups is 6. The van der Waals surface area contributed by atoms with Crippen molar-refractivity contribution in [2.45, 2.75) is 170 Å². The molecule has 0 saturated heterocycles. The third-order valence-electron chi connectivity index (χ3n) is 20.3. The maximum Gasteiger partial charge on any atom is 0.537 e. The standard InChI is InChI=1S/C15H17BN2O5S2.2C14H15BN2O5S2.C13H13BFN3O5S2.C13H13BN2O5S2.C12H12BN3O4S2/c1-8(2)6-22-10-4-3-9-5-11(25-15-18-17-7-24-15)16(21)23-13(9)12(10)14(19)20;1-7(2)21-9-4-3-8-5-10(24-14-17-16-6-23-14)15(20)22-12(8)11(9)13(18)19;1-2-5-21-9-4-3-8-6-10(24-14-17-16-7-23-14)15(20)22-12(8)11(9)13(18)19;1-5(15)22-7-3-2-6-4-8(24-13-18-17-12(16)25-13)14(21)23-10(6)9(7)11(19)20;1-2-20-8-4-3-7-5-9(23-13-16-15-6-22-13)14(19)21-11(7)10(8)12(17)18;1-5-2-3-6-4-7(21-12-16-15-11(14)22-12)13(19)20-9(6)8(5)10(17)18/h3-4,7-8,11,21H,5-6H2,1-2H3,(H,19,20);3-4,6-7,10,20H,5H2,1-2H3,(H,18,19);3-4,7,10,20H,2,5-6H2,1H3,(H,18,19);2-3,5,8,21H,4H2,1H3,(H2,16,17)(H,19,20);3-4,6,9,19H,2,5H2,1H3,(H,17,18);2-3,7,19H,4H2,1H3,(H2,14,15)(H,17,18)/t11-;2*10-;5?,8-;9-;7-/m000000/s1. The molecule has 0 radical (unpaired) electrons. The summed E-state index contributed by atoms with van der Waals surface area (Å²) in [5, 5.41) is 163. The Labute approximate surface area is 864 Å². The van der Waals surface area contributed by atoms with Gasteiger partial charge in [0.05, 0.1) is 56.8 Å². The fourth-order valence-electron chi connectivity index (χ4n) is 14.3. The number of fused-ring (bicyclic) bond motifs is 6. The summed E-state index contributed by atoms with van der Waals surface area (Å²) in [6.45, 7) is 15.3. The van der Waals surface area contributed by atoms with Gasteiger partial charge in [-0.3, -0.25) is 0 Å². The van der Waals surface area contributed by atoms with E-state index in [2.05, 4.69) is 61.2 Å². The molecule has 0 spiro atoms. The van der Waals surface area contributed by atoms with Crippen LogP contribution in [0, 0.1) is 12.8 Å². The zero-order valence-corrected chi connectivity index (χ0v) is 85.9. The first-order valence-electron chi connectivity index (χ1n) is 42.9. The van der Waals surface area contributed by atoms with Crippen molar-refractivity contribution in [3.8, 4) is 63.2 Å². The molecule has 0 fully saturated rings. The molecule has 7 atom stereocenters. The fraction of sp³-hybridized carbons (Fsp3) is 0.333.